The van der Waals surface area contributed by atoms with Gasteiger partial charge in [-0.15, -0.1) is 11.3 Å². The lowest BCUT2D eigenvalue weighted by Gasteiger charge is -2.14. The van der Waals surface area contributed by atoms with Gasteiger partial charge in [0.05, 0.1) is 28.3 Å². The van der Waals surface area contributed by atoms with Crippen LogP contribution in [0.25, 0.3) is 0 Å². The van der Waals surface area contributed by atoms with Crippen LogP contribution >= 0.6 is 11.3 Å². The topological polar surface area (TPSA) is 42.4 Å². The Hall–Kier alpha value is -0.590. The summed E-state index contributed by atoms with van der Waals surface area (Å²) in [7, 11) is 0. The number of halogens is 2. The van der Waals surface area contributed by atoms with Gasteiger partial charge < -0.3 is 9.84 Å². The van der Waals surface area contributed by atoms with Crippen LogP contribution < -0.4 is 0 Å². The van der Waals surface area contributed by atoms with E-state index in [-0.39, 0.29) is 6.61 Å². The molecule has 96 valence electrons. The van der Waals surface area contributed by atoms with Gasteiger partial charge in [-0.2, -0.15) is 0 Å². The minimum Gasteiger partial charge on any atom is -0.388 e. The number of ether oxygens (including phenoxy) is 1. The molecule has 1 unspecified atom stereocenters. The maximum atomic E-state index is 11.8. The minimum atomic E-state index is -2.42. The summed E-state index contributed by atoms with van der Waals surface area (Å²) in [5.74, 6) is 0. The van der Waals surface area contributed by atoms with Crippen LogP contribution in [0.15, 0.2) is 0 Å². The Labute approximate surface area is 102 Å². The van der Waals surface area contributed by atoms with Gasteiger partial charge in [0.25, 0.3) is 6.43 Å². The summed E-state index contributed by atoms with van der Waals surface area (Å²) in [6.45, 7) is -0.263. The maximum Gasteiger partial charge on any atom is 0.261 e. The molecular weight excluding hydrogens is 248 g/mol. The van der Waals surface area contributed by atoms with E-state index in [0.29, 0.717) is 6.42 Å². The second-order valence-electron chi connectivity index (χ2n) is 4.04. The Morgan fingerprint density at radius 1 is 1.53 bits per heavy atom. The summed E-state index contributed by atoms with van der Waals surface area (Å²) in [4.78, 5) is 5.35. The van der Waals surface area contributed by atoms with Crippen LogP contribution in [0.4, 0.5) is 8.78 Å². The molecule has 0 radical (unpaired) electrons. The molecule has 1 heterocycles. The molecule has 3 nitrogen and oxygen atoms in total. The summed E-state index contributed by atoms with van der Waals surface area (Å²) < 4.78 is 28.5. The Bertz CT molecular complexity index is 370. The fourth-order valence-corrected chi connectivity index (χ4v) is 3.00. The summed E-state index contributed by atoms with van der Waals surface area (Å²) in [6.07, 6.45) is 0.376. The number of aryl methyl sites for hydroxylation is 1. The SMILES string of the molecule is OC1CCCc2nc(CCOCC(F)F)sc21. The highest BCUT2D eigenvalue weighted by atomic mass is 32.1. The number of rotatable bonds is 5. The number of fused-ring (bicyclic) bond motifs is 1. The summed E-state index contributed by atoms with van der Waals surface area (Å²) in [6, 6.07) is 0. The zero-order chi connectivity index (χ0) is 12.3. The van der Waals surface area contributed by atoms with Crippen molar-refractivity contribution in [2.75, 3.05) is 13.2 Å². The van der Waals surface area contributed by atoms with Crippen molar-refractivity contribution in [3.63, 3.8) is 0 Å². The van der Waals surface area contributed by atoms with Gasteiger partial charge in [0.15, 0.2) is 0 Å². The van der Waals surface area contributed by atoms with E-state index < -0.39 is 19.1 Å². The Morgan fingerprint density at radius 3 is 3.06 bits per heavy atom. The number of alkyl halides is 2. The van der Waals surface area contributed by atoms with Crippen molar-refractivity contribution in [3.8, 4) is 0 Å². The van der Waals surface area contributed by atoms with Crippen LogP contribution in [0, 0.1) is 0 Å². The number of hydrogen-bond donors (Lipinski definition) is 1. The number of aliphatic hydroxyl groups is 1. The average molecular weight is 263 g/mol. The van der Waals surface area contributed by atoms with Gasteiger partial charge in [0, 0.05) is 6.42 Å². The van der Waals surface area contributed by atoms with Crippen molar-refractivity contribution in [1.29, 1.82) is 0 Å². The zero-order valence-corrected chi connectivity index (χ0v) is 10.2. The highest BCUT2D eigenvalue weighted by molar-refractivity contribution is 7.11. The molecule has 1 atom stereocenters. The highest BCUT2D eigenvalue weighted by Gasteiger charge is 2.22. The van der Waals surface area contributed by atoms with Crippen molar-refractivity contribution in [3.05, 3.63) is 15.6 Å². The molecule has 0 saturated heterocycles. The van der Waals surface area contributed by atoms with E-state index in [0.717, 1.165) is 34.8 Å². The maximum absolute atomic E-state index is 11.8. The van der Waals surface area contributed by atoms with E-state index in [4.69, 9.17) is 4.74 Å². The zero-order valence-electron chi connectivity index (χ0n) is 9.36. The molecule has 1 aromatic heterocycles. The fraction of sp³-hybridized carbons (Fsp3) is 0.727. The van der Waals surface area contributed by atoms with Gasteiger partial charge >= 0.3 is 0 Å². The second kappa shape index (κ2) is 5.84. The van der Waals surface area contributed by atoms with E-state index in [1.807, 2.05) is 0 Å². The minimum absolute atomic E-state index is 0.257. The Balaban J connectivity index is 1.85. The molecule has 6 heteroatoms. The molecule has 17 heavy (non-hydrogen) atoms. The lowest BCUT2D eigenvalue weighted by atomic mass is 10.0. The quantitative estimate of drug-likeness (QED) is 0.829. The number of thiazole rings is 1. The van der Waals surface area contributed by atoms with Crippen molar-refractivity contribution in [2.45, 2.75) is 38.2 Å². The molecule has 0 aromatic carbocycles. The van der Waals surface area contributed by atoms with Crippen LogP contribution in [0.2, 0.25) is 0 Å². The summed E-state index contributed by atoms with van der Waals surface area (Å²) in [5, 5.41) is 10.6. The van der Waals surface area contributed by atoms with Crippen LogP contribution in [-0.4, -0.2) is 29.7 Å². The van der Waals surface area contributed by atoms with Crippen molar-refractivity contribution >= 4 is 11.3 Å². The Morgan fingerprint density at radius 2 is 2.35 bits per heavy atom. The van der Waals surface area contributed by atoms with Gasteiger partial charge in [0.1, 0.15) is 6.61 Å². The van der Waals surface area contributed by atoms with Crippen molar-refractivity contribution in [2.24, 2.45) is 0 Å². The number of hydrogen-bond acceptors (Lipinski definition) is 4. The average Bonchev–Trinajstić information content (AvgIpc) is 2.69. The molecule has 1 aromatic rings. The highest BCUT2D eigenvalue weighted by Crippen LogP contribution is 2.34. The molecular formula is C11H15F2NO2S. The number of aromatic nitrogens is 1. The number of nitrogens with zero attached hydrogens (tertiary/aromatic N) is 1. The first-order valence-electron chi connectivity index (χ1n) is 5.69. The van der Waals surface area contributed by atoms with E-state index in [1.54, 1.807) is 0 Å². The van der Waals surface area contributed by atoms with Gasteiger partial charge in [-0.25, -0.2) is 13.8 Å². The molecule has 2 rings (SSSR count). The molecule has 1 aliphatic carbocycles. The third kappa shape index (κ3) is 3.43. The van der Waals surface area contributed by atoms with Crippen LogP contribution in [-0.2, 0) is 17.6 Å². The molecule has 1 N–H and O–H groups in total. The van der Waals surface area contributed by atoms with Crippen molar-refractivity contribution < 1.29 is 18.6 Å². The molecule has 0 saturated carbocycles. The fourth-order valence-electron chi connectivity index (χ4n) is 1.89. The second-order valence-corrected chi connectivity index (χ2v) is 5.16. The lowest BCUT2D eigenvalue weighted by Crippen LogP contribution is -2.07. The van der Waals surface area contributed by atoms with E-state index >= 15 is 0 Å². The first-order valence-corrected chi connectivity index (χ1v) is 6.51. The summed E-state index contributed by atoms with van der Waals surface area (Å²) in [5.41, 5.74) is 0.970. The molecule has 0 aliphatic heterocycles. The summed E-state index contributed by atoms with van der Waals surface area (Å²) >= 11 is 1.47. The van der Waals surface area contributed by atoms with Gasteiger partial charge in [-0.1, -0.05) is 0 Å². The monoisotopic (exact) mass is 263 g/mol. The predicted molar refractivity (Wildman–Crippen MR) is 60.5 cm³/mol. The molecule has 0 amide bonds. The van der Waals surface area contributed by atoms with Crippen molar-refractivity contribution in [1.82, 2.24) is 4.98 Å². The van der Waals surface area contributed by atoms with Crippen LogP contribution in [0.3, 0.4) is 0 Å². The van der Waals surface area contributed by atoms with Gasteiger partial charge in [0.2, 0.25) is 0 Å². The third-order valence-electron chi connectivity index (χ3n) is 2.67. The molecule has 0 fully saturated rings. The van der Waals surface area contributed by atoms with E-state index in [9.17, 15) is 13.9 Å². The van der Waals surface area contributed by atoms with Gasteiger partial charge in [-0.3, -0.25) is 0 Å². The smallest absolute Gasteiger partial charge is 0.261 e. The lowest BCUT2D eigenvalue weighted by molar-refractivity contribution is 0.0187. The van der Waals surface area contributed by atoms with Crippen LogP contribution in [0.1, 0.15) is 34.5 Å². The normalized spacial score (nSPS) is 19.6. The first kappa shape index (κ1) is 12.9. The standard InChI is InChI=1S/C11H15F2NO2S/c12-9(13)6-16-5-4-10-14-7-2-1-3-8(15)11(7)17-10/h8-9,15H,1-6H2. The number of aliphatic hydroxyl groups excluding tert-OH is 1. The Kier molecular flexibility index (Phi) is 4.42. The largest absolute Gasteiger partial charge is 0.388 e. The third-order valence-corrected chi connectivity index (χ3v) is 3.93. The first-order chi connectivity index (χ1) is 8.16. The molecule has 0 bridgehead atoms. The molecule has 1 aliphatic rings. The van der Waals surface area contributed by atoms with Gasteiger partial charge in [-0.05, 0) is 19.3 Å². The van der Waals surface area contributed by atoms with Crippen LogP contribution in [0.5, 0.6) is 0 Å². The molecule has 0 spiro atoms. The predicted octanol–water partition coefficient (Wildman–Crippen LogP) is 2.34. The van der Waals surface area contributed by atoms with E-state index in [2.05, 4.69) is 4.98 Å². The van der Waals surface area contributed by atoms with E-state index in [1.165, 1.54) is 11.3 Å².